The number of nitrogens with one attached hydrogen (secondary N) is 1. The molecule has 5 nitrogen and oxygen atoms in total. The summed E-state index contributed by atoms with van der Waals surface area (Å²) in [5.74, 6) is 3.74. The number of hydrogen-bond donors (Lipinski definition) is 2. The number of hydrogen-bond acceptors (Lipinski definition) is 5. The van der Waals surface area contributed by atoms with Crippen molar-refractivity contribution < 1.29 is 19.4 Å². The van der Waals surface area contributed by atoms with E-state index in [9.17, 15) is 4.79 Å². The molecule has 20 heavy (non-hydrogen) atoms. The van der Waals surface area contributed by atoms with E-state index in [-0.39, 0.29) is 6.54 Å². The number of rotatable bonds is 7. The quantitative estimate of drug-likeness (QED) is 0.429. The van der Waals surface area contributed by atoms with Gasteiger partial charge in [0, 0.05) is 12.9 Å². The molecule has 0 aliphatic carbocycles. The van der Waals surface area contributed by atoms with Crippen LogP contribution >= 0.6 is 11.8 Å². The molecular weight excluding hydrogens is 278 g/mol. The van der Waals surface area contributed by atoms with E-state index >= 15 is 0 Å². The van der Waals surface area contributed by atoms with Gasteiger partial charge in [0.2, 0.25) is 0 Å². The van der Waals surface area contributed by atoms with Gasteiger partial charge in [0.1, 0.15) is 5.60 Å². The summed E-state index contributed by atoms with van der Waals surface area (Å²) < 4.78 is 9.81. The summed E-state index contributed by atoms with van der Waals surface area (Å²) in [5, 5.41) is 14.6. The Hall–Kier alpha value is -0.900. The molecule has 116 valence electrons. The Labute approximate surface area is 125 Å². The Balaban J connectivity index is 3.48. The van der Waals surface area contributed by atoms with E-state index in [0.29, 0.717) is 6.42 Å². The molecule has 6 heteroatoms. The minimum atomic E-state index is -0.663. The second-order valence-electron chi connectivity index (χ2n) is 5.17. The Bertz CT molecular complexity index is 330. The van der Waals surface area contributed by atoms with E-state index in [1.807, 2.05) is 20.8 Å². The van der Waals surface area contributed by atoms with Crippen LogP contribution in [-0.2, 0) is 9.47 Å². The number of unbranched alkanes of at least 4 members (excludes halogenated alkanes) is 1. The maximum absolute atomic E-state index is 11.3. The van der Waals surface area contributed by atoms with Gasteiger partial charge < -0.3 is 19.9 Å². The molecule has 0 aliphatic rings. The zero-order chi connectivity index (χ0) is 15.4. The monoisotopic (exact) mass is 303 g/mol. The minimum absolute atomic E-state index is 0.282. The first-order valence-corrected chi connectivity index (χ1v) is 7.61. The molecule has 0 aromatic rings. The topological polar surface area (TPSA) is 67.8 Å². The van der Waals surface area contributed by atoms with Gasteiger partial charge in [0.25, 0.3) is 0 Å². The minimum Gasteiger partial charge on any atom is -0.444 e. The van der Waals surface area contributed by atoms with Crippen LogP contribution in [0.3, 0.4) is 0 Å². The first-order valence-electron chi connectivity index (χ1n) is 6.62. The highest BCUT2D eigenvalue weighted by Crippen LogP contribution is 2.07. The number of amides is 1. The Morgan fingerprint density at radius 2 is 2.10 bits per heavy atom. The molecule has 0 saturated carbocycles. The second kappa shape index (κ2) is 10.8. The molecule has 0 fully saturated rings. The lowest BCUT2D eigenvalue weighted by Crippen LogP contribution is -2.32. The zero-order valence-corrected chi connectivity index (χ0v) is 13.5. The van der Waals surface area contributed by atoms with Gasteiger partial charge >= 0.3 is 6.09 Å². The van der Waals surface area contributed by atoms with Crippen molar-refractivity contribution in [3.05, 3.63) is 0 Å². The number of aliphatic hydroxyl groups excluding tert-OH is 1. The maximum Gasteiger partial charge on any atom is 0.408 e. The predicted octanol–water partition coefficient (Wildman–Crippen LogP) is 2.34. The van der Waals surface area contributed by atoms with Crippen LogP contribution in [0.1, 0.15) is 40.0 Å². The van der Waals surface area contributed by atoms with Crippen molar-refractivity contribution in [3.8, 4) is 11.2 Å². The summed E-state index contributed by atoms with van der Waals surface area (Å²) in [6.07, 6.45) is 1.40. The average molecular weight is 303 g/mol. The normalized spacial score (nSPS) is 12.2. The van der Waals surface area contributed by atoms with E-state index in [2.05, 4.69) is 16.5 Å². The van der Waals surface area contributed by atoms with Crippen molar-refractivity contribution in [2.24, 2.45) is 0 Å². The lowest BCUT2D eigenvalue weighted by Gasteiger charge is -2.18. The summed E-state index contributed by atoms with van der Waals surface area (Å²) in [6, 6.07) is 0. The summed E-state index contributed by atoms with van der Waals surface area (Å²) in [4.78, 5) is 11.3. The Morgan fingerprint density at radius 3 is 2.70 bits per heavy atom. The highest BCUT2D eigenvalue weighted by molar-refractivity contribution is 8.03. The van der Waals surface area contributed by atoms with Gasteiger partial charge in [-0.15, -0.1) is 0 Å². The van der Waals surface area contributed by atoms with E-state index in [1.165, 1.54) is 18.9 Å². The molecule has 0 aromatic carbocycles. The highest BCUT2D eigenvalue weighted by Gasteiger charge is 2.14. The van der Waals surface area contributed by atoms with Crippen molar-refractivity contribution in [3.63, 3.8) is 0 Å². The lowest BCUT2D eigenvalue weighted by atomic mass is 10.2. The van der Waals surface area contributed by atoms with E-state index < -0.39 is 18.0 Å². The molecule has 2 N–H and O–H groups in total. The van der Waals surface area contributed by atoms with Gasteiger partial charge in [-0.3, -0.25) is 0 Å². The van der Waals surface area contributed by atoms with Crippen molar-refractivity contribution in [2.75, 3.05) is 19.4 Å². The number of thioether (sulfide) groups is 1. The summed E-state index contributed by atoms with van der Waals surface area (Å²) in [6.45, 7) is 5.72. The fourth-order valence-electron chi connectivity index (χ4n) is 1.18. The van der Waals surface area contributed by atoms with Crippen LogP contribution in [0.4, 0.5) is 4.79 Å². The molecule has 0 spiro atoms. The number of carbonyl (C=O) groups is 1. The predicted molar refractivity (Wildman–Crippen MR) is 81.3 cm³/mol. The summed E-state index contributed by atoms with van der Waals surface area (Å²) in [5.41, 5.74) is -0.487. The molecule has 1 unspecified atom stereocenters. The first kappa shape index (κ1) is 19.1. The number of carbonyl (C=O) groups excluding carboxylic acids is 1. The second-order valence-corrected chi connectivity index (χ2v) is 6.07. The maximum atomic E-state index is 11.3. The number of alkyl carbamates (subject to hydrolysis) is 1. The Morgan fingerprint density at radius 1 is 1.40 bits per heavy atom. The number of aliphatic hydroxyl groups is 1. The van der Waals surface area contributed by atoms with Gasteiger partial charge in [0.05, 0.1) is 6.54 Å². The molecule has 0 rings (SSSR count). The van der Waals surface area contributed by atoms with Crippen molar-refractivity contribution in [1.29, 1.82) is 0 Å². The molecular formula is C14H25NO4S. The van der Waals surface area contributed by atoms with E-state index in [1.54, 1.807) is 0 Å². The zero-order valence-electron chi connectivity index (χ0n) is 12.7. The fraction of sp³-hybridized carbons (Fsp3) is 0.786. The molecule has 0 radical (unpaired) electrons. The number of methoxy groups -OCH3 is 1. The van der Waals surface area contributed by atoms with Crippen LogP contribution in [0.25, 0.3) is 0 Å². The number of ether oxygens (including phenoxy) is 2. The molecule has 0 aliphatic heterocycles. The van der Waals surface area contributed by atoms with Crippen molar-refractivity contribution >= 4 is 17.9 Å². The van der Waals surface area contributed by atoms with Crippen LogP contribution in [0.5, 0.6) is 0 Å². The molecule has 0 saturated heterocycles. The third kappa shape index (κ3) is 13.5. The largest absolute Gasteiger partial charge is 0.444 e. The molecule has 1 amide bonds. The lowest BCUT2D eigenvalue weighted by molar-refractivity contribution is -0.0790. The molecule has 0 aromatic heterocycles. The van der Waals surface area contributed by atoms with Gasteiger partial charge in [-0.2, -0.15) is 0 Å². The molecule has 0 bridgehead atoms. The van der Waals surface area contributed by atoms with Crippen LogP contribution < -0.4 is 5.32 Å². The van der Waals surface area contributed by atoms with Gasteiger partial charge in [0.15, 0.2) is 6.29 Å². The van der Waals surface area contributed by atoms with E-state index in [4.69, 9.17) is 14.6 Å². The van der Waals surface area contributed by atoms with Gasteiger partial charge in [-0.05, 0) is 45.3 Å². The SMILES string of the molecule is COC(O)CCCCSC#CCNC(=O)OC(C)(C)C. The average Bonchev–Trinajstić information content (AvgIpc) is 2.34. The van der Waals surface area contributed by atoms with Crippen LogP contribution in [0.2, 0.25) is 0 Å². The first-order chi connectivity index (χ1) is 9.35. The van der Waals surface area contributed by atoms with Crippen LogP contribution in [-0.4, -0.2) is 42.5 Å². The summed E-state index contributed by atoms with van der Waals surface area (Å²) in [7, 11) is 1.49. The Kier molecular flexibility index (Phi) is 10.3. The van der Waals surface area contributed by atoms with Crippen LogP contribution in [0, 0.1) is 11.2 Å². The summed E-state index contributed by atoms with van der Waals surface area (Å²) >= 11 is 1.50. The van der Waals surface area contributed by atoms with Crippen LogP contribution in [0.15, 0.2) is 0 Å². The fourth-order valence-corrected chi connectivity index (χ4v) is 1.80. The smallest absolute Gasteiger partial charge is 0.408 e. The standard InChI is InChI=1S/C14H25NO4S/c1-14(2,3)19-13(17)15-9-7-11-20-10-6-5-8-12(16)18-4/h12,16H,5-6,8-10H2,1-4H3,(H,15,17). The van der Waals surface area contributed by atoms with Gasteiger partial charge in [-0.1, -0.05) is 17.7 Å². The van der Waals surface area contributed by atoms with E-state index in [0.717, 1.165) is 18.6 Å². The third-order valence-electron chi connectivity index (χ3n) is 2.08. The molecule has 0 heterocycles. The van der Waals surface area contributed by atoms with Crippen molar-refractivity contribution in [1.82, 2.24) is 5.32 Å². The highest BCUT2D eigenvalue weighted by atomic mass is 32.2. The van der Waals surface area contributed by atoms with Gasteiger partial charge in [-0.25, -0.2) is 4.79 Å². The van der Waals surface area contributed by atoms with Crippen molar-refractivity contribution in [2.45, 2.75) is 51.9 Å². The molecule has 1 atom stereocenters. The third-order valence-corrected chi connectivity index (χ3v) is 2.87.